The molecule has 0 radical (unpaired) electrons. The lowest BCUT2D eigenvalue weighted by atomic mass is 10.1. The minimum absolute atomic E-state index is 0.110. The number of carbonyl (C=O) groups is 2. The molecule has 2 aromatic carbocycles. The summed E-state index contributed by atoms with van der Waals surface area (Å²) in [6, 6.07) is 7.62. The number of ketones is 1. The van der Waals surface area contributed by atoms with E-state index in [1.807, 2.05) is 0 Å². The third-order valence-electron chi connectivity index (χ3n) is 4.89. The first-order valence-electron chi connectivity index (χ1n) is 9.43. The largest absolute Gasteiger partial charge is 0.432 e. The summed E-state index contributed by atoms with van der Waals surface area (Å²) < 4.78 is 30.6. The maximum Gasteiger partial charge on any atom is 0.387 e. The second-order valence-electron chi connectivity index (χ2n) is 7.65. The normalized spacial score (nSPS) is 13.5. The van der Waals surface area contributed by atoms with Crippen molar-refractivity contribution in [2.24, 2.45) is 0 Å². The summed E-state index contributed by atoms with van der Waals surface area (Å²) in [6.45, 7) is 0.494. The maximum atomic E-state index is 12.7. The molecule has 0 unspecified atom stereocenters. The lowest BCUT2D eigenvalue weighted by Gasteiger charge is -2.24. The summed E-state index contributed by atoms with van der Waals surface area (Å²) in [4.78, 5) is 28.8. The summed E-state index contributed by atoms with van der Waals surface area (Å²) in [5, 5.41) is 6.35. The SMILES string of the molecule is CC(C)(NC(=O)Nc1ccc2c(c1)CCC2=O)c1nc2c(OC(F)F)cc(Cl)cc2s1. The summed E-state index contributed by atoms with van der Waals surface area (Å²) in [6.07, 6.45) is 1.14. The Labute approximate surface area is 185 Å². The average molecular weight is 466 g/mol. The molecule has 0 fully saturated rings. The van der Waals surface area contributed by atoms with Crippen LogP contribution in [-0.4, -0.2) is 23.4 Å². The molecule has 0 spiro atoms. The van der Waals surface area contributed by atoms with Gasteiger partial charge in [-0.05, 0) is 50.1 Å². The van der Waals surface area contributed by atoms with Crippen molar-refractivity contribution in [3.63, 3.8) is 0 Å². The van der Waals surface area contributed by atoms with Crippen LogP contribution in [0.4, 0.5) is 19.3 Å². The van der Waals surface area contributed by atoms with E-state index in [1.165, 1.54) is 17.4 Å². The van der Waals surface area contributed by atoms with Gasteiger partial charge in [-0.2, -0.15) is 8.78 Å². The van der Waals surface area contributed by atoms with Gasteiger partial charge in [0.25, 0.3) is 0 Å². The molecule has 1 aromatic heterocycles. The molecule has 0 saturated carbocycles. The first-order valence-corrected chi connectivity index (χ1v) is 10.6. The maximum absolute atomic E-state index is 12.7. The number of aromatic nitrogens is 1. The number of anilines is 1. The molecule has 31 heavy (non-hydrogen) atoms. The number of benzene rings is 2. The number of fused-ring (bicyclic) bond motifs is 2. The second kappa shape index (κ2) is 8.05. The van der Waals surface area contributed by atoms with Crippen molar-refractivity contribution < 1.29 is 23.1 Å². The molecule has 1 aliphatic rings. The molecule has 6 nitrogen and oxygen atoms in total. The number of hydrogen-bond acceptors (Lipinski definition) is 5. The predicted molar refractivity (Wildman–Crippen MR) is 116 cm³/mol. The Hall–Kier alpha value is -2.78. The molecule has 3 aromatic rings. The molecule has 0 bridgehead atoms. The number of amides is 2. The van der Waals surface area contributed by atoms with Gasteiger partial charge in [-0.1, -0.05) is 11.6 Å². The van der Waals surface area contributed by atoms with Crippen molar-refractivity contribution in [1.29, 1.82) is 0 Å². The summed E-state index contributed by atoms with van der Waals surface area (Å²) in [5.41, 5.74) is 1.53. The Balaban J connectivity index is 1.53. The van der Waals surface area contributed by atoms with Gasteiger partial charge in [-0.15, -0.1) is 11.3 Å². The molecule has 0 aliphatic heterocycles. The van der Waals surface area contributed by atoms with Crippen LogP contribution in [0.3, 0.4) is 0 Å². The molecule has 162 valence electrons. The molecule has 0 saturated heterocycles. The van der Waals surface area contributed by atoms with Crippen LogP contribution in [0.25, 0.3) is 10.2 Å². The summed E-state index contributed by atoms with van der Waals surface area (Å²) in [5.74, 6) is -0.00814. The van der Waals surface area contributed by atoms with Crippen LogP contribution in [0.1, 0.15) is 41.2 Å². The highest BCUT2D eigenvalue weighted by molar-refractivity contribution is 7.18. The highest BCUT2D eigenvalue weighted by Gasteiger charge is 2.28. The molecule has 2 amide bonds. The van der Waals surface area contributed by atoms with E-state index in [0.717, 1.165) is 5.56 Å². The molecule has 0 atom stereocenters. The quantitative estimate of drug-likeness (QED) is 0.503. The number of hydrogen-bond donors (Lipinski definition) is 2. The molecule has 1 aliphatic carbocycles. The Morgan fingerprint density at radius 1 is 1.26 bits per heavy atom. The fraction of sp³-hybridized carbons (Fsp3) is 0.286. The van der Waals surface area contributed by atoms with E-state index in [0.29, 0.717) is 33.8 Å². The van der Waals surface area contributed by atoms with Crippen molar-refractivity contribution in [2.75, 3.05) is 5.32 Å². The highest BCUT2D eigenvalue weighted by atomic mass is 35.5. The lowest BCUT2D eigenvalue weighted by Crippen LogP contribution is -2.43. The van der Waals surface area contributed by atoms with E-state index in [4.69, 9.17) is 11.6 Å². The molecule has 1 heterocycles. The van der Waals surface area contributed by atoms with Crippen LogP contribution in [0.5, 0.6) is 5.75 Å². The standard InChI is InChI=1S/C21H18ClF2N3O3S/c1-21(2,18-26-17-15(30-19(23)24)8-11(22)9-16(17)31-18)27-20(29)25-12-4-5-13-10(7-12)3-6-14(13)28/h4-5,7-9,19H,3,6H2,1-2H3,(H2,25,27,29). The van der Waals surface area contributed by atoms with Gasteiger partial charge in [-0.25, -0.2) is 9.78 Å². The van der Waals surface area contributed by atoms with Crippen LogP contribution in [0, 0.1) is 0 Å². The number of carbonyl (C=O) groups excluding carboxylic acids is 2. The number of thiazole rings is 1. The van der Waals surface area contributed by atoms with Crippen LogP contribution in [0.2, 0.25) is 5.02 Å². The molecular formula is C21H18ClF2N3O3S. The zero-order valence-corrected chi connectivity index (χ0v) is 18.2. The van der Waals surface area contributed by atoms with Crippen molar-refractivity contribution in [3.05, 3.63) is 51.5 Å². The Kier molecular flexibility index (Phi) is 5.57. The van der Waals surface area contributed by atoms with E-state index in [1.54, 1.807) is 38.1 Å². The number of Topliss-reactive ketones (excluding diaryl/α,β-unsaturated/α-hetero) is 1. The van der Waals surface area contributed by atoms with Gasteiger partial charge in [-0.3, -0.25) is 4.79 Å². The van der Waals surface area contributed by atoms with Gasteiger partial charge >= 0.3 is 12.6 Å². The number of rotatable bonds is 5. The fourth-order valence-corrected chi connectivity index (χ4v) is 4.81. The van der Waals surface area contributed by atoms with Gasteiger partial charge < -0.3 is 15.4 Å². The fourth-order valence-electron chi connectivity index (χ4n) is 3.45. The highest BCUT2D eigenvalue weighted by Crippen LogP contribution is 2.37. The number of aryl methyl sites for hydroxylation is 1. The number of ether oxygens (including phenoxy) is 1. The third-order valence-corrected chi connectivity index (χ3v) is 6.43. The number of nitrogens with one attached hydrogen (secondary N) is 2. The number of urea groups is 1. The lowest BCUT2D eigenvalue weighted by molar-refractivity contribution is -0.0489. The topological polar surface area (TPSA) is 80.3 Å². The zero-order valence-electron chi connectivity index (χ0n) is 16.6. The van der Waals surface area contributed by atoms with E-state index in [2.05, 4.69) is 20.4 Å². The molecular weight excluding hydrogens is 448 g/mol. The van der Waals surface area contributed by atoms with Crippen LogP contribution in [0.15, 0.2) is 30.3 Å². The first-order chi connectivity index (χ1) is 14.6. The Morgan fingerprint density at radius 3 is 2.77 bits per heavy atom. The second-order valence-corrected chi connectivity index (χ2v) is 9.11. The van der Waals surface area contributed by atoms with Crippen LogP contribution in [-0.2, 0) is 12.0 Å². The minimum atomic E-state index is -3.01. The van der Waals surface area contributed by atoms with E-state index < -0.39 is 18.2 Å². The number of halogens is 3. The van der Waals surface area contributed by atoms with Gasteiger partial charge in [0.2, 0.25) is 0 Å². The number of nitrogens with zero attached hydrogens (tertiary/aromatic N) is 1. The Morgan fingerprint density at radius 2 is 2.03 bits per heavy atom. The minimum Gasteiger partial charge on any atom is -0.432 e. The van der Waals surface area contributed by atoms with E-state index in [-0.39, 0.29) is 22.1 Å². The van der Waals surface area contributed by atoms with Gasteiger partial charge in [0.1, 0.15) is 10.5 Å². The van der Waals surface area contributed by atoms with Crippen molar-refractivity contribution in [1.82, 2.24) is 10.3 Å². The summed E-state index contributed by atoms with van der Waals surface area (Å²) >= 11 is 7.23. The van der Waals surface area contributed by atoms with Crippen LogP contribution < -0.4 is 15.4 Å². The van der Waals surface area contributed by atoms with E-state index in [9.17, 15) is 18.4 Å². The third kappa shape index (κ3) is 4.47. The Bertz CT molecular complexity index is 1200. The van der Waals surface area contributed by atoms with Gasteiger partial charge in [0.15, 0.2) is 11.5 Å². The summed E-state index contributed by atoms with van der Waals surface area (Å²) in [7, 11) is 0. The van der Waals surface area contributed by atoms with Crippen molar-refractivity contribution in [2.45, 2.75) is 38.8 Å². The monoisotopic (exact) mass is 465 g/mol. The smallest absolute Gasteiger partial charge is 0.387 e. The van der Waals surface area contributed by atoms with Crippen molar-refractivity contribution >= 4 is 50.7 Å². The first kappa shape index (κ1) is 21.5. The van der Waals surface area contributed by atoms with E-state index >= 15 is 0 Å². The average Bonchev–Trinajstić information content (AvgIpc) is 3.25. The molecule has 10 heteroatoms. The number of alkyl halides is 2. The van der Waals surface area contributed by atoms with Gasteiger partial charge in [0.05, 0.1) is 10.2 Å². The van der Waals surface area contributed by atoms with Crippen molar-refractivity contribution in [3.8, 4) is 5.75 Å². The molecule has 4 rings (SSSR count). The molecule has 2 N–H and O–H groups in total. The zero-order chi connectivity index (χ0) is 22.3. The van der Waals surface area contributed by atoms with Crippen LogP contribution >= 0.6 is 22.9 Å². The van der Waals surface area contributed by atoms with Gasteiger partial charge in [0, 0.05) is 28.8 Å². The predicted octanol–water partition coefficient (Wildman–Crippen LogP) is 5.74.